The average Bonchev–Trinajstić information content (AvgIpc) is 2.68. The van der Waals surface area contributed by atoms with Crippen LogP contribution in [-0.4, -0.2) is 28.5 Å². The zero-order chi connectivity index (χ0) is 18.5. The number of aromatic nitrogens is 2. The van der Waals surface area contributed by atoms with Crippen LogP contribution < -0.4 is 10.2 Å². The van der Waals surface area contributed by atoms with Crippen LogP contribution in [-0.2, 0) is 0 Å². The fraction of sp³-hybridized carbons (Fsp3) is 0.400. The van der Waals surface area contributed by atoms with E-state index in [1.807, 2.05) is 6.92 Å². The number of piperidine rings is 1. The number of nitrogens with zero attached hydrogens (tertiary/aromatic N) is 4. The first-order chi connectivity index (χ1) is 12.6. The van der Waals surface area contributed by atoms with Gasteiger partial charge in [-0.1, -0.05) is 6.92 Å². The highest BCUT2D eigenvalue weighted by molar-refractivity contribution is 6.03. The second-order valence-corrected chi connectivity index (χ2v) is 6.55. The van der Waals surface area contributed by atoms with Crippen molar-refractivity contribution in [3.63, 3.8) is 0 Å². The average molecular weight is 349 g/mol. The molecule has 0 radical (unpaired) electrons. The lowest BCUT2D eigenvalue weighted by Gasteiger charge is -2.36. The topological polar surface area (TPSA) is 81.9 Å². The predicted molar refractivity (Wildman–Crippen MR) is 101 cm³/mol. The third-order valence-corrected chi connectivity index (χ3v) is 4.72. The van der Waals surface area contributed by atoms with E-state index in [0.29, 0.717) is 28.8 Å². The van der Waals surface area contributed by atoms with E-state index in [-0.39, 0.29) is 5.91 Å². The maximum Gasteiger partial charge on any atom is 0.274 e. The third kappa shape index (κ3) is 3.99. The van der Waals surface area contributed by atoms with Gasteiger partial charge in [-0.3, -0.25) is 4.79 Å². The lowest BCUT2D eigenvalue weighted by Crippen LogP contribution is -2.40. The fourth-order valence-corrected chi connectivity index (χ4v) is 3.37. The number of hydrogen-bond donors (Lipinski definition) is 1. The number of aryl methyl sites for hydroxylation is 1. The molecule has 1 aromatic carbocycles. The zero-order valence-corrected chi connectivity index (χ0v) is 15.2. The number of carbonyl (C=O) groups excluding carboxylic acids is 1. The highest BCUT2D eigenvalue weighted by Gasteiger charge is 2.23. The minimum atomic E-state index is -0.272. The van der Waals surface area contributed by atoms with E-state index in [1.165, 1.54) is 6.42 Å². The molecule has 0 aliphatic carbocycles. The number of anilines is 2. The molecule has 1 N–H and O–H groups in total. The Hall–Kier alpha value is -2.94. The maximum absolute atomic E-state index is 12.6. The largest absolute Gasteiger partial charge is 0.354 e. The monoisotopic (exact) mass is 349 g/mol. The smallest absolute Gasteiger partial charge is 0.274 e. The van der Waals surface area contributed by atoms with Gasteiger partial charge in [0.1, 0.15) is 17.3 Å². The van der Waals surface area contributed by atoms with Gasteiger partial charge in [-0.25, -0.2) is 9.97 Å². The number of rotatable bonds is 4. The van der Waals surface area contributed by atoms with E-state index >= 15 is 0 Å². The standard InChI is InChI=1S/C20H23N5O/c1-3-17-6-4-5-11-25(17)19-12-18(22-14(2)23-19)20(26)24-16-9-7-15(13-21)8-10-16/h7-10,12,17H,3-6,11H2,1-2H3,(H,24,26). The first kappa shape index (κ1) is 17.9. The molecule has 1 saturated heterocycles. The lowest BCUT2D eigenvalue weighted by molar-refractivity contribution is 0.102. The van der Waals surface area contributed by atoms with Crippen molar-refractivity contribution in [3.8, 4) is 6.07 Å². The van der Waals surface area contributed by atoms with Crippen LogP contribution in [0.15, 0.2) is 30.3 Å². The molecule has 2 heterocycles. The summed E-state index contributed by atoms with van der Waals surface area (Å²) in [6.45, 7) is 4.97. The summed E-state index contributed by atoms with van der Waals surface area (Å²) >= 11 is 0. The Morgan fingerprint density at radius 3 is 2.77 bits per heavy atom. The van der Waals surface area contributed by atoms with Crippen molar-refractivity contribution in [2.24, 2.45) is 0 Å². The van der Waals surface area contributed by atoms with Crippen LogP contribution >= 0.6 is 0 Å². The molecule has 3 rings (SSSR count). The van der Waals surface area contributed by atoms with E-state index < -0.39 is 0 Å². The molecule has 0 saturated carbocycles. The molecule has 0 bridgehead atoms. The normalized spacial score (nSPS) is 16.8. The summed E-state index contributed by atoms with van der Waals surface area (Å²) in [6.07, 6.45) is 4.61. The number of nitrogens with one attached hydrogen (secondary N) is 1. The SMILES string of the molecule is CCC1CCCCN1c1cc(C(=O)Nc2ccc(C#N)cc2)nc(C)n1. The van der Waals surface area contributed by atoms with Crippen molar-refractivity contribution in [1.29, 1.82) is 5.26 Å². The van der Waals surface area contributed by atoms with E-state index in [0.717, 1.165) is 31.6 Å². The van der Waals surface area contributed by atoms with Gasteiger partial charge in [0.05, 0.1) is 11.6 Å². The highest BCUT2D eigenvalue weighted by Crippen LogP contribution is 2.25. The van der Waals surface area contributed by atoms with E-state index in [9.17, 15) is 4.79 Å². The third-order valence-electron chi connectivity index (χ3n) is 4.72. The quantitative estimate of drug-likeness (QED) is 0.910. The van der Waals surface area contributed by atoms with Crippen molar-refractivity contribution in [1.82, 2.24) is 9.97 Å². The minimum Gasteiger partial charge on any atom is -0.354 e. The van der Waals surface area contributed by atoms with E-state index in [4.69, 9.17) is 5.26 Å². The Kier molecular flexibility index (Phi) is 5.47. The van der Waals surface area contributed by atoms with Gasteiger partial charge in [0, 0.05) is 24.3 Å². The van der Waals surface area contributed by atoms with Crippen LogP contribution in [0.2, 0.25) is 0 Å². The molecular formula is C20H23N5O. The molecule has 0 spiro atoms. The van der Waals surface area contributed by atoms with Crippen LogP contribution in [0.3, 0.4) is 0 Å². The molecule has 1 unspecified atom stereocenters. The summed E-state index contributed by atoms with van der Waals surface area (Å²) in [5.74, 6) is 1.15. The summed E-state index contributed by atoms with van der Waals surface area (Å²) < 4.78 is 0. The molecule has 134 valence electrons. The molecule has 1 atom stereocenters. The molecule has 1 amide bonds. The molecule has 6 nitrogen and oxygen atoms in total. The molecule has 1 aromatic heterocycles. The second-order valence-electron chi connectivity index (χ2n) is 6.55. The van der Waals surface area contributed by atoms with Gasteiger partial charge in [0.15, 0.2) is 0 Å². The Balaban J connectivity index is 1.82. The van der Waals surface area contributed by atoms with Crippen LogP contribution in [0.4, 0.5) is 11.5 Å². The van der Waals surface area contributed by atoms with Gasteiger partial charge in [0.25, 0.3) is 5.91 Å². The Labute approximate surface area is 153 Å². The minimum absolute atomic E-state index is 0.272. The molecule has 2 aromatic rings. The lowest BCUT2D eigenvalue weighted by atomic mass is 10.00. The number of carbonyl (C=O) groups is 1. The molecule has 26 heavy (non-hydrogen) atoms. The number of nitriles is 1. The van der Waals surface area contributed by atoms with Crippen molar-refractivity contribution < 1.29 is 4.79 Å². The molecule has 6 heteroatoms. The van der Waals surface area contributed by atoms with Crippen LogP contribution in [0.1, 0.15) is 54.5 Å². The van der Waals surface area contributed by atoms with Gasteiger partial charge in [-0.05, 0) is 56.9 Å². The van der Waals surface area contributed by atoms with Crippen LogP contribution in [0.25, 0.3) is 0 Å². The fourth-order valence-electron chi connectivity index (χ4n) is 3.37. The van der Waals surface area contributed by atoms with Gasteiger partial charge < -0.3 is 10.2 Å². The Morgan fingerprint density at radius 2 is 2.08 bits per heavy atom. The summed E-state index contributed by atoms with van der Waals surface area (Å²) in [7, 11) is 0. The van der Waals surface area contributed by atoms with Gasteiger partial charge in [-0.2, -0.15) is 5.26 Å². The first-order valence-corrected chi connectivity index (χ1v) is 9.04. The van der Waals surface area contributed by atoms with Crippen molar-refractivity contribution in [2.75, 3.05) is 16.8 Å². The van der Waals surface area contributed by atoms with Crippen LogP contribution in [0.5, 0.6) is 0 Å². The maximum atomic E-state index is 12.6. The predicted octanol–water partition coefficient (Wildman–Crippen LogP) is 3.68. The first-order valence-electron chi connectivity index (χ1n) is 9.04. The van der Waals surface area contributed by atoms with Gasteiger partial charge >= 0.3 is 0 Å². The van der Waals surface area contributed by atoms with Gasteiger partial charge in [0.2, 0.25) is 0 Å². The summed E-state index contributed by atoms with van der Waals surface area (Å²) in [6, 6.07) is 11.1. The zero-order valence-electron chi connectivity index (χ0n) is 15.2. The highest BCUT2D eigenvalue weighted by atomic mass is 16.1. The van der Waals surface area contributed by atoms with Crippen LogP contribution in [0, 0.1) is 18.3 Å². The van der Waals surface area contributed by atoms with Crippen molar-refractivity contribution in [2.45, 2.75) is 45.6 Å². The number of amides is 1. The molecule has 1 aliphatic heterocycles. The van der Waals surface area contributed by atoms with E-state index in [2.05, 4.69) is 33.2 Å². The Bertz CT molecular complexity index is 825. The molecule has 1 fully saturated rings. The summed E-state index contributed by atoms with van der Waals surface area (Å²) in [5, 5.41) is 11.7. The molecule has 1 aliphatic rings. The summed E-state index contributed by atoms with van der Waals surface area (Å²) in [5.41, 5.74) is 1.55. The van der Waals surface area contributed by atoms with Crippen molar-refractivity contribution >= 4 is 17.4 Å². The second kappa shape index (κ2) is 7.96. The van der Waals surface area contributed by atoms with Gasteiger partial charge in [-0.15, -0.1) is 0 Å². The summed E-state index contributed by atoms with van der Waals surface area (Å²) in [4.78, 5) is 23.8. The van der Waals surface area contributed by atoms with E-state index in [1.54, 1.807) is 30.3 Å². The number of benzene rings is 1. The number of hydrogen-bond acceptors (Lipinski definition) is 5. The molecular weight excluding hydrogens is 326 g/mol. The van der Waals surface area contributed by atoms with Crippen molar-refractivity contribution in [3.05, 3.63) is 47.4 Å². The Morgan fingerprint density at radius 1 is 1.31 bits per heavy atom.